The molecule has 1 aromatic heterocycles. The molecule has 180 valence electrons. The Labute approximate surface area is 196 Å². The Bertz CT molecular complexity index is 1230. The summed E-state index contributed by atoms with van der Waals surface area (Å²) in [5, 5.41) is 3.24. The molecule has 1 aliphatic carbocycles. The summed E-state index contributed by atoms with van der Waals surface area (Å²) in [5.41, 5.74) is 3.23. The molecule has 1 N–H and O–H groups in total. The van der Waals surface area contributed by atoms with Crippen LogP contribution in [0.15, 0.2) is 64.4 Å². The lowest BCUT2D eigenvalue weighted by atomic mass is 10.1. The molecule has 1 saturated heterocycles. The second-order valence-electron chi connectivity index (χ2n) is 8.29. The van der Waals surface area contributed by atoms with Crippen LogP contribution in [0.1, 0.15) is 24.5 Å². The van der Waals surface area contributed by atoms with Crippen molar-refractivity contribution in [2.45, 2.75) is 33.2 Å². The van der Waals surface area contributed by atoms with E-state index < -0.39 is 17.5 Å². The third-order valence-corrected chi connectivity index (χ3v) is 5.95. The minimum absolute atomic E-state index is 0.0821. The summed E-state index contributed by atoms with van der Waals surface area (Å²) < 4.78 is 48.4. The molecule has 1 aromatic carbocycles. The summed E-state index contributed by atoms with van der Waals surface area (Å²) in [4.78, 5) is 19.0. The van der Waals surface area contributed by atoms with Crippen molar-refractivity contribution in [3.8, 4) is 0 Å². The van der Waals surface area contributed by atoms with E-state index in [4.69, 9.17) is 4.74 Å². The normalized spacial score (nSPS) is 16.8. The molecular weight excluding hydrogens is 445 g/mol. The van der Waals surface area contributed by atoms with Crippen molar-refractivity contribution in [2.24, 2.45) is 0 Å². The van der Waals surface area contributed by atoms with Crippen LogP contribution in [-0.2, 0) is 17.7 Å². The number of halogens is 3. The van der Waals surface area contributed by atoms with Crippen LogP contribution in [0.2, 0.25) is 0 Å². The minimum Gasteiger partial charge on any atom is -0.378 e. The summed E-state index contributed by atoms with van der Waals surface area (Å²) >= 11 is 0. The molecule has 9 heteroatoms. The first-order valence-corrected chi connectivity index (χ1v) is 11.3. The van der Waals surface area contributed by atoms with E-state index in [2.05, 4.69) is 15.2 Å². The van der Waals surface area contributed by atoms with Crippen molar-refractivity contribution in [3.05, 3.63) is 81.1 Å². The Kier molecular flexibility index (Phi) is 7.21. The van der Waals surface area contributed by atoms with Gasteiger partial charge in [-0.25, -0.2) is 13.2 Å². The molecule has 1 fully saturated rings. The van der Waals surface area contributed by atoms with Crippen molar-refractivity contribution in [3.63, 3.8) is 0 Å². The second-order valence-corrected chi connectivity index (χ2v) is 8.29. The lowest BCUT2D eigenvalue weighted by molar-refractivity contribution is 0.122. The molecule has 2 aromatic rings. The maximum Gasteiger partial charge on any atom is 0.277 e. The molecule has 2 aliphatic rings. The van der Waals surface area contributed by atoms with E-state index in [-0.39, 0.29) is 24.5 Å². The highest BCUT2D eigenvalue weighted by Crippen LogP contribution is 2.29. The topological polar surface area (TPSA) is 59.4 Å². The first-order chi connectivity index (χ1) is 16.4. The lowest BCUT2D eigenvalue weighted by Gasteiger charge is -2.29. The maximum atomic E-state index is 14.0. The number of aromatic nitrogens is 2. The van der Waals surface area contributed by atoms with Gasteiger partial charge in [0.05, 0.1) is 19.8 Å². The van der Waals surface area contributed by atoms with Crippen molar-refractivity contribution < 1.29 is 17.9 Å². The number of nitrogens with one attached hydrogen (secondary N) is 1. The molecule has 1 aliphatic heterocycles. The fourth-order valence-corrected chi connectivity index (χ4v) is 3.91. The predicted molar refractivity (Wildman–Crippen MR) is 127 cm³/mol. The molecular formula is C25H27F3N4O2. The highest BCUT2D eigenvalue weighted by molar-refractivity contribution is 5.66. The van der Waals surface area contributed by atoms with Gasteiger partial charge in [-0.2, -0.15) is 4.98 Å². The van der Waals surface area contributed by atoms with Crippen LogP contribution in [0.3, 0.4) is 0 Å². The van der Waals surface area contributed by atoms with Gasteiger partial charge >= 0.3 is 0 Å². The van der Waals surface area contributed by atoms with E-state index in [0.717, 1.165) is 36.1 Å². The molecule has 4 rings (SSSR count). The fourth-order valence-electron chi connectivity index (χ4n) is 3.91. The average Bonchev–Trinajstić information content (AvgIpc) is 2.96. The Hall–Kier alpha value is -3.33. The summed E-state index contributed by atoms with van der Waals surface area (Å²) in [7, 11) is 0. The average molecular weight is 473 g/mol. The van der Waals surface area contributed by atoms with Gasteiger partial charge in [-0.1, -0.05) is 19.1 Å². The molecule has 2 heterocycles. The summed E-state index contributed by atoms with van der Waals surface area (Å²) in [5.74, 6) is -3.62. The Morgan fingerprint density at radius 2 is 1.94 bits per heavy atom. The quantitative estimate of drug-likeness (QED) is 0.639. The first-order valence-electron chi connectivity index (χ1n) is 11.3. The van der Waals surface area contributed by atoms with Crippen LogP contribution >= 0.6 is 0 Å². The monoisotopic (exact) mass is 472 g/mol. The molecule has 0 unspecified atom stereocenters. The SMILES string of the molecule is CCc1cn(CC2=CCC(F)=C(F)C(F)=C2)c(Nc2cc(N3CCOCC3)ccc2C)nc1=O. The molecule has 0 spiro atoms. The largest absolute Gasteiger partial charge is 0.378 e. The van der Waals surface area contributed by atoms with Crippen molar-refractivity contribution in [1.29, 1.82) is 0 Å². The molecule has 0 atom stereocenters. The molecule has 34 heavy (non-hydrogen) atoms. The van der Waals surface area contributed by atoms with Crippen molar-refractivity contribution in [2.75, 3.05) is 36.5 Å². The van der Waals surface area contributed by atoms with Crippen LogP contribution in [0.4, 0.5) is 30.5 Å². The fraction of sp³-hybridized carbons (Fsp3) is 0.360. The van der Waals surface area contributed by atoms with E-state index in [1.165, 1.54) is 6.08 Å². The van der Waals surface area contributed by atoms with Gasteiger partial charge in [0.1, 0.15) is 5.83 Å². The van der Waals surface area contributed by atoms with Gasteiger partial charge in [0.25, 0.3) is 5.56 Å². The van der Waals surface area contributed by atoms with Gasteiger partial charge in [-0.05, 0) is 42.7 Å². The van der Waals surface area contributed by atoms with Gasteiger partial charge in [0.15, 0.2) is 11.7 Å². The number of nitrogens with zero attached hydrogens (tertiary/aromatic N) is 3. The zero-order valence-corrected chi connectivity index (χ0v) is 19.2. The van der Waals surface area contributed by atoms with Crippen molar-refractivity contribution in [1.82, 2.24) is 9.55 Å². The molecule has 0 amide bonds. The van der Waals surface area contributed by atoms with Crippen molar-refractivity contribution >= 4 is 17.3 Å². The van der Waals surface area contributed by atoms with E-state index >= 15 is 0 Å². The Balaban J connectivity index is 1.68. The minimum atomic E-state index is -1.48. The number of hydrogen-bond donors (Lipinski definition) is 1. The number of hydrogen-bond acceptors (Lipinski definition) is 5. The smallest absolute Gasteiger partial charge is 0.277 e. The number of benzene rings is 1. The number of morpholine rings is 1. The van der Waals surface area contributed by atoms with E-state index in [1.54, 1.807) is 10.8 Å². The Morgan fingerprint density at radius 3 is 2.68 bits per heavy atom. The second kappa shape index (κ2) is 10.3. The third kappa shape index (κ3) is 5.25. The molecule has 6 nitrogen and oxygen atoms in total. The number of rotatable bonds is 6. The maximum absolute atomic E-state index is 14.0. The van der Waals surface area contributed by atoms with Gasteiger partial charge in [-0.3, -0.25) is 4.79 Å². The Morgan fingerprint density at radius 1 is 1.18 bits per heavy atom. The first kappa shape index (κ1) is 23.8. The summed E-state index contributed by atoms with van der Waals surface area (Å²) in [6.45, 7) is 6.74. The van der Waals surface area contributed by atoms with Crippen LogP contribution in [0, 0.1) is 6.92 Å². The van der Waals surface area contributed by atoms with Gasteiger partial charge < -0.3 is 19.5 Å². The van der Waals surface area contributed by atoms with Crippen LogP contribution in [0.5, 0.6) is 0 Å². The van der Waals surface area contributed by atoms with E-state index in [9.17, 15) is 18.0 Å². The molecule has 0 radical (unpaired) electrons. The van der Waals surface area contributed by atoms with E-state index in [0.29, 0.717) is 30.8 Å². The summed E-state index contributed by atoms with van der Waals surface area (Å²) in [6.07, 6.45) is 4.17. The lowest BCUT2D eigenvalue weighted by Crippen LogP contribution is -2.36. The molecule has 0 bridgehead atoms. The van der Waals surface area contributed by atoms with E-state index in [1.807, 2.05) is 32.0 Å². The standard InChI is InChI=1S/C25H27F3N4O2/c1-3-18-15-32(14-17-5-7-20(26)23(28)21(27)12-17)25(30-24(18)33)29-22-13-19(6-4-16(22)2)31-8-10-34-11-9-31/h4-6,12-13,15H,3,7-11,14H2,1-2H3,(H,29,30,33). The molecule has 0 saturated carbocycles. The van der Waals surface area contributed by atoms with Crippen LogP contribution in [0.25, 0.3) is 0 Å². The van der Waals surface area contributed by atoms with Gasteiger partial charge in [0, 0.05) is 42.6 Å². The van der Waals surface area contributed by atoms with Crippen LogP contribution in [-0.4, -0.2) is 35.9 Å². The number of ether oxygens (including phenoxy) is 1. The summed E-state index contributed by atoms with van der Waals surface area (Å²) in [6, 6.07) is 6.01. The van der Waals surface area contributed by atoms with Gasteiger partial charge in [-0.15, -0.1) is 0 Å². The zero-order chi connectivity index (χ0) is 24.2. The predicted octanol–water partition coefficient (Wildman–Crippen LogP) is 5.03. The third-order valence-electron chi connectivity index (χ3n) is 5.95. The number of anilines is 3. The van der Waals surface area contributed by atoms with Gasteiger partial charge in [0.2, 0.25) is 5.95 Å². The highest BCUT2D eigenvalue weighted by Gasteiger charge is 2.18. The number of allylic oxidation sites excluding steroid dienone is 6. The number of aryl methyl sites for hydroxylation is 2. The zero-order valence-electron chi connectivity index (χ0n) is 19.2. The van der Waals surface area contributed by atoms with Crippen LogP contribution < -0.4 is 15.8 Å². The highest BCUT2D eigenvalue weighted by atomic mass is 19.2.